The van der Waals surface area contributed by atoms with Crippen LogP contribution in [0.25, 0.3) is 0 Å². The summed E-state index contributed by atoms with van der Waals surface area (Å²) in [6.45, 7) is 4.98. The van der Waals surface area contributed by atoms with E-state index in [2.05, 4.69) is 19.9 Å². The summed E-state index contributed by atoms with van der Waals surface area (Å²) >= 11 is 0. The van der Waals surface area contributed by atoms with Crippen LogP contribution in [0, 0.1) is 11.3 Å². The van der Waals surface area contributed by atoms with E-state index < -0.39 is 0 Å². The van der Waals surface area contributed by atoms with Gasteiger partial charge in [0, 0.05) is 12.5 Å². The number of carbonyl (C=O) groups is 1. The normalized spacial score (nSPS) is 21.1. The molecule has 1 atom stereocenters. The van der Waals surface area contributed by atoms with Crippen LogP contribution in [-0.2, 0) is 4.79 Å². The molecule has 2 heteroatoms. The molecule has 0 aliphatic heterocycles. The summed E-state index contributed by atoms with van der Waals surface area (Å²) in [7, 11) is 0. The van der Waals surface area contributed by atoms with Gasteiger partial charge in [-0.3, -0.25) is 0 Å². The van der Waals surface area contributed by atoms with Gasteiger partial charge in [0.25, 0.3) is 0 Å². The van der Waals surface area contributed by atoms with Gasteiger partial charge in [0.2, 0.25) is 0 Å². The summed E-state index contributed by atoms with van der Waals surface area (Å²) in [4.78, 5) is 11.0. The molecule has 0 fully saturated rings. The van der Waals surface area contributed by atoms with E-state index in [4.69, 9.17) is 5.11 Å². The number of aliphatic hydroxyl groups excluding tert-OH is 1. The number of unbranched alkanes of at least 4 members (excludes halogenated alkanes) is 7. The maximum atomic E-state index is 11.0. The minimum atomic E-state index is 0.166. The Morgan fingerprint density at radius 3 is 2.24 bits per heavy atom. The zero-order chi connectivity index (χ0) is 15.6. The molecule has 1 N–H and O–H groups in total. The molecule has 0 aromatic rings. The quantitative estimate of drug-likeness (QED) is 0.329. The Kier molecular flexibility index (Phi) is 8.91. The minimum Gasteiger partial charge on any atom is -0.396 e. The second-order valence-corrected chi connectivity index (χ2v) is 7.22. The fourth-order valence-electron chi connectivity index (χ4n) is 3.27. The van der Waals surface area contributed by atoms with Crippen molar-refractivity contribution in [2.45, 2.75) is 84.5 Å². The van der Waals surface area contributed by atoms with E-state index in [-0.39, 0.29) is 5.92 Å². The summed E-state index contributed by atoms with van der Waals surface area (Å²) in [6, 6.07) is 0. The predicted molar refractivity (Wildman–Crippen MR) is 89.3 cm³/mol. The molecule has 1 aliphatic carbocycles. The fraction of sp³-hybridized carbons (Fsp3) is 0.842. The second-order valence-electron chi connectivity index (χ2n) is 7.22. The second kappa shape index (κ2) is 10.2. The molecule has 0 radical (unpaired) electrons. The van der Waals surface area contributed by atoms with Crippen molar-refractivity contribution in [3.05, 3.63) is 11.6 Å². The van der Waals surface area contributed by atoms with Crippen molar-refractivity contribution in [3.8, 4) is 0 Å². The van der Waals surface area contributed by atoms with Gasteiger partial charge in [-0.1, -0.05) is 64.0 Å². The summed E-state index contributed by atoms with van der Waals surface area (Å²) in [5.74, 6) is 0.166. The highest BCUT2D eigenvalue weighted by Crippen LogP contribution is 2.40. The zero-order valence-electron chi connectivity index (χ0n) is 14.1. The third-order valence-corrected chi connectivity index (χ3v) is 4.92. The molecule has 0 spiro atoms. The van der Waals surface area contributed by atoms with Gasteiger partial charge >= 0.3 is 0 Å². The first-order valence-corrected chi connectivity index (χ1v) is 8.87. The van der Waals surface area contributed by atoms with Crippen LogP contribution in [0.2, 0.25) is 0 Å². The van der Waals surface area contributed by atoms with Gasteiger partial charge in [-0.2, -0.15) is 0 Å². The fourth-order valence-corrected chi connectivity index (χ4v) is 3.27. The van der Waals surface area contributed by atoms with Crippen LogP contribution < -0.4 is 0 Å². The average molecular weight is 294 g/mol. The molecule has 0 aromatic heterocycles. The van der Waals surface area contributed by atoms with Crippen LogP contribution in [0.1, 0.15) is 84.5 Å². The molecule has 21 heavy (non-hydrogen) atoms. The molecule has 0 bridgehead atoms. The standard InChI is InChI=1S/C19H34O2/c1-19(2)13-12-17(16-21)15-18(19)11-9-7-5-3-4-6-8-10-14-20/h15-17,20H,3-14H2,1-2H3. The van der Waals surface area contributed by atoms with Crippen molar-refractivity contribution >= 4 is 6.29 Å². The lowest BCUT2D eigenvalue weighted by molar-refractivity contribution is -0.110. The van der Waals surface area contributed by atoms with Gasteiger partial charge < -0.3 is 9.90 Å². The molecule has 2 nitrogen and oxygen atoms in total. The number of allylic oxidation sites excluding steroid dienone is 2. The number of carbonyl (C=O) groups excluding carboxylic acids is 1. The topological polar surface area (TPSA) is 37.3 Å². The lowest BCUT2D eigenvalue weighted by atomic mass is 9.71. The van der Waals surface area contributed by atoms with Crippen molar-refractivity contribution in [1.82, 2.24) is 0 Å². The monoisotopic (exact) mass is 294 g/mol. The first kappa shape index (κ1) is 18.4. The predicted octanol–water partition coefficient (Wildman–Crippen LogP) is 5.05. The Hall–Kier alpha value is -0.630. The van der Waals surface area contributed by atoms with Gasteiger partial charge in [0.05, 0.1) is 0 Å². The highest BCUT2D eigenvalue weighted by Gasteiger charge is 2.28. The van der Waals surface area contributed by atoms with Gasteiger partial charge in [0.1, 0.15) is 6.29 Å². The van der Waals surface area contributed by atoms with Crippen LogP contribution in [-0.4, -0.2) is 18.0 Å². The largest absolute Gasteiger partial charge is 0.396 e. The molecule has 0 amide bonds. The zero-order valence-corrected chi connectivity index (χ0v) is 14.1. The van der Waals surface area contributed by atoms with Crippen molar-refractivity contribution in [2.24, 2.45) is 11.3 Å². The van der Waals surface area contributed by atoms with Gasteiger partial charge in [0.15, 0.2) is 0 Å². The molecule has 1 rings (SSSR count). The van der Waals surface area contributed by atoms with Crippen LogP contribution >= 0.6 is 0 Å². The molecular formula is C19H34O2. The molecule has 1 unspecified atom stereocenters. The Morgan fingerprint density at radius 1 is 1.10 bits per heavy atom. The minimum absolute atomic E-state index is 0.166. The van der Waals surface area contributed by atoms with E-state index in [9.17, 15) is 4.79 Å². The van der Waals surface area contributed by atoms with Gasteiger partial charge in [-0.25, -0.2) is 0 Å². The van der Waals surface area contributed by atoms with E-state index in [1.165, 1.54) is 56.9 Å². The summed E-state index contributed by atoms with van der Waals surface area (Å²) in [5, 5.41) is 8.71. The highest BCUT2D eigenvalue weighted by atomic mass is 16.2. The van der Waals surface area contributed by atoms with Crippen LogP contribution in [0.3, 0.4) is 0 Å². The molecule has 122 valence electrons. The summed E-state index contributed by atoms with van der Waals surface area (Å²) < 4.78 is 0. The van der Waals surface area contributed by atoms with E-state index in [1.54, 1.807) is 0 Å². The molecule has 0 saturated heterocycles. The smallest absolute Gasteiger partial charge is 0.126 e. The number of aldehydes is 1. The Labute approximate surface area is 131 Å². The number of hydrogen-bond acceptors (Lipinski definition) is 2. The number of aliphatic hydroxyl groups is 1. The third kappa shape index (κ3) is 7.26. The van der Waals surface area contributed by atoms with E-state index in [0.29, 0.717) is 12.0 Å². The van der Waals surface area contributed by atoms with E-state index in [1.807, 2.05) is 0 Å². The lowest BCUT2D eigenvalue weighted by Gasteiger charge is -2.34. The summed E-state index contributed by atoms with van der Waals surface area (Å²) in [6.07, 6.45) is 16.6. The molecule has 1 aliphatic rings. The van der Waals surface area contributed by atoms with Crippen LogP contribution in [0.5, 0.6) is 0 Å². The van der Waals surface area contributed by atoms with Crippen LogP contribution in [0.15, 0.2) is 11.6 Å². The van der Waals surface area contributed by atoms with E-state index >= 15 is 0 Å². The average Bonchev–Trinajstić information content (AvgIpc) is 2.47. The van der Waals surface area contributed by atoms with Crippen molar-refractivity contribution in [1.29, 1.82) is 0 Å². The Morgan fingerprint density at radius 2 is 1.67 bits per heavy atom. The van der Waals surface area contributed by atoms with E-state index in [0.717, 1.165) is 25.5 Å². The number of rotatable bonds is 11. The SMILES string of the molecule is CC1(C)CCC(C=O)C=C1CCCCCCCCCCO. The Bertz CT molecular complexity index is 318. The maximum Gasteiger partial charge on any atom is 0.126 e. The summed E-state index contributed by atoms with van der Waals surface area (Å²) in [5.41, 5.74) is 1.80. The first-order valence-electron chi connectivity index (χ1n) is 8.87. The van der Waals surface area contributed by atoms with Crippen molar-refractivity contribution in [2.75, 3.05) is 6.61 Å². The molecule has 0 heterocycles. The van der Waals surface area contributed by atoms with Crippen molar-refractivity contribution in [3.63, 3.8) is 0 Å². The van der Waals surface area contributed by atoms with Gasteiger partial charge in [-0.15, -0.1) is 0 Å². The molecular weight excluding hydrogens is 260 g/mol. The third-order valence-electron chi connectivity index (χ3n) is 4.92. The van der Waals surface area contributed by atoms with Gasteiger partial charge in [-0.05, 0) is 37.5 Å². The van der Waals surface area contributed by atoms with Crippen molar-refractivity contribution < 1.29 is 9.90 Å². The Balaban J connectivity index is 2.13. The first-order chi connectivity index (χ1) is 10.1. The lowest BCUT2D eigenvalue weighted by Crippen LogP contribution is -2.22. The highest BCUT2D eigenvalue weighted by molar-refractivity contribution is 5.57. The molecule has 0 aromatic carbocycles. The number of hydrogen-bond donors (Lipinski definition) is 1. The molecule has 0 saturated carbocycles. The maximum absolute atomic E-state index is 11.0. The van der Waals surface area contributed by atoms with Crippen LogP contribution in [0.4, 0.5) is 0 Å².